The highest BCUT2D eigenvalue weighted by molar-refractivity contribution is 7.27. The number of benzene rings is 1. The van der Waals surface area contributed by atoms with E-state index in [1.807, 2.05) is 13.0 Å². The van der Waals surface area contributed by atoms with E-state index < -0.39 is 0 Å². The lowest BCUT2D eigenvalue weighted by molar-refractivity contribution is 1.12. The highest BCUT2D eigenvalue weighted by Gasteiger charge is 2.07. The van der Waals surface area contributed by atoms with Gasteiger partial charge in [0.05, 0.1) is 23.3 Å². The Balaban J connectivity index is 2.94. The van der Waals surface area contributed by atoms with Gasteiger partial charge in [0.15, 0.2) is 0 Å². The number of nitrogens with one attached hydrogen (secondary N) is 1. The van der Waals surface area contributed by atoms with Gasteiger partial charge < -0.3 is 0 Å². The van der Waals surface area contributed by atoms with Crippen molar-refractivity contribution in [2.45, 2.75) is 6.92 Å². The standard InChI is InChI=1S/C9H8N3P/c1-5-7-4-11-12-8(7)2-6(3-10)9(5)13/h2,4H,13H2,1H3,(H,11,12). The Morgan fingerprint density at radius 3 is 3.08 bits per heavy atom. The van der Waals surface area contributed by atoms with Gasteiger partial charge in [0.2, 0.25) is 0 Å². The van der Waals surface area contributed by atoms with Crippen molar-refractivity contribution in [2.24, 2.45) is 0 Å². The summed E-state index contributed by atoms with van der Waals surface area (Å²) in [5.41, 5.74) is 2.69. The van der Waals surface area contributed by atoms with Crippen LogP contribution in [-0.2, 0) is 0 Å². The summed E-state index contributed by atoms with van der Waals surface area (Å²) in [7, 11) is 2.59. The van der Waals surface area contributed by atoms with Gasteiger partial charge >= 0.3 is 0 Å². The van der Waals surface area contributed by atoms with E-state index in [0.29, 0.717) is 5.56 Å². The van der Waals surface area contributed by atoms with E-state index in [0.717, 1.165) is 21.8 Å². The SMILES string of the molecule is Cc1c(P)c(C#N)cc2[nH]ncc12. The molecule has 2 aromatic rings. The molecule has 0 aliphatic rings. The van der Waals surface area contributed by atoms with Crippen molar-refractivity contribution in [3.05, 3.63) is 23.4 Å². The molecule has 0 aliphatic heterocycles. The lowest BCUT2D eigenvalue weighted by atomic mass is 10.1. The zero-order chi connectivity index (χ0) is 9.42. The van der Waals surface area contributed by atoms with Gasteiger partial charge in [0.25, 0.3) is 0 Å². The topological polar surface area (TPSA) is 52.5 Å². The molecule has 1 heterocycles. The molecular formula is C9H8N3P. The van der Waals surface area contributed by atoms with Crippen LogP contribution in [0.5, 0.6) is 0 Å². The monoisotopic (exact) mass is 189 g/mol. The van der Waals surface area contributed by atoms with E-state index in [4.69, 9.17) is 5.26 Å². The summed E-state index contributed by atoms with van der Waals surface area (Å²) in [6.07, 6.45) is 1.78. The molecule has 64 valence electrons. The number of hydrogen-bond acceptors (Lipinski definition) is 2. The van der Waals surface area contributed by atoms with Crippen molar-refractivity contribution in [1.82, 2.24) is 10.2 Å². The van der Waals surface area contributed by atoms with Gasteiger partial charge in [-0.25, -0.2) is 0 Å². The Morgan fingerprint density at radius 1 is 1.62 bits per heavy atom. The van der Waals surface area contributed by atoms with Crippen LogP contribution in [0.2, 0.25) is 0 Å². The first-order valence-corrected chi connectivity index (χ1v) is 4.44. The van der Waals surface area contributed by atoms with Gasteiger partial charge in [-0.1, -0.05) is 0 Å². The molecule has 1 aromatic carbocycles. The Morgan fingerprint density at radius 2 is 2.38 bits per heavy atom. The number of aromatic nitrogens is 2. The molecule has 0 radical (unpaired) electrons. The highest BCUT2D eigenvalue weighted by Crippen LogP contribution is 2.17. The van der Waals surface area contributed by atoms with E-state index in [1.54, 1.807) is 6.20 Å². The van der Waals surface area contributed by atoms with Gasteiger partial charge in [-0.3, -0.25) is 5.10 Å². The van der Waals surface area contributed by atoms with Crippen molar-refractivity contribution < 1.29 is 0 Å². The molecule has 2 rings (SSSR count). The predicted octanol–water partition coefficient (Wildman–Crippen LogP) is 1.24. The lowest BCUT2D eigenvalue weighted by Crippen LogP contribution is -2.02. The second kappa shape index (κ2) is 2.83. The summed E-state index contributed by atoms with van der Waals surface area (Å²) in [5.74, 6) is 0. The van der Waals surface area contributed by atoms with Gasteiger partial charge in [0.1, 0.15) is 0 Å². The van der Waals surface area contributed by atoms with E-state index >= 15 is 0 Å². The van der Waals surface area contributed by atoms with Crippen LogP contribution >= 0.6 is 9.24 Å². The number of nitriles is 1. The van der Waals surface area contributed by atoms with Crippen molar-refractivity contribution in [2.75, 3.05) is 0 Å². The minimum Gasteiger partial charge on any atom is -0.278 e. The first kappa shape index (κ1) is 8.22. The molecular weight excluding hydrogens is 181 g/mol. The molecule has 1 aromatic heterocycles. The number of nitrogens with zero attached hydrogens (tertiary/aromatic N) is 2. The van der Waals surface area contributed by atoms with Gasteiger partial charge in [-0.2, -0.15) is 10.4 Å². The van der Waals surface area contributed by atoms with E-state index in [-0.39, 0.29) is 0 Å². The third-order valence-electron chi connectivity index (χ3n) is 2.18. The molecule has 1 atom stereocenters. The van der Waals surface area contributed by atoms with Gasteiger partial charge in [0, 0.05) is 5.39 Å². The Bertz CT molecular complexity index is 507. The highest BCUT2D eigenvalue weighted by atomic mass is 31.0. The number of aromatic amines is 1. The normalized spacial score (nSPS) is 10.2. The molecule has 0 fully saturated rings. The molecule has 0 aliphatic carbocycles. The minimum absolute atomic E-state index is 0.680. The summed E-state index contributed by atoms with van der Waals surface area (Å²) < 4.78 is 0. The lowest BCUT2D eigenvalue weighted by Gasteiger charge is -2.02. The Kier molecular flexibility index (Phi) is 1.79. The molecule has 0 saturated heterocycles. The van der Waals surface area contributed by atoms with Crippen LogP contribution in [-0.4, -0.2) is 10.2 Å². The van der Waals surface area contributed by atoms with Crippen LogP contribution in [0, 0.1) is 18.3 Å². The first-order chi connectivity index (χ1) is 6.24. The number of hydrogen-bond donors (Lipinski definition) is 1. The Labute approximate surface area is 78.0 Å². The second-order valence-electron chi connectivity index (χ2n) is 2.91. The maximum Gasteiger partial charge on any atom is 0.0999 e. The summed E-state index contributed by atoms with van der Waals surface area (Å²) >= 11 is 0. The molecule has 1 unspecified atom stereocenters. The van der Waals surface area contributed by atoms with Gasteiger partial charge in [-0.15, -0.1) is 9.24 Å². The number of aryl methyl sites for hydroxylation is 1. The third-order valence-corrected chi connectivity index (χ3v) is 2.92. The zero-order valence-corrected chi connectivity index (χ0v) is 8.28. The van der Waals surface area contributed by atoms with Crippen molar-refractivity contribution >= 4 is 25.4 Å². The molecule has 0 spiro atoms. The fourth-order valence-electron chi connectivity index (χ4n) is 1.37. The zero-order valence-electron chi connectivity index (χ0n) is 7.13. The van der Waals surface area contributed by atoms with Crippen LogP contribution < -0.4 is 5.30 Å². The number of H-pyrrole nitrogens is 1. The third kappa shape index (κ3) is 1.11. The van der Waals surface area contributed by atoms with Crippen LogP contribution in [0.1, 0.15) is 11.1 Å². The Hall–Kier alpha value is -1.39. The first-order valence-electron chi connectivity index (χ1n) is 3.86. The fraction of sp³-hybridized carbons (Fsp3) is 0.111. The second-order valence-corrected chi connectivity index (χ2v) is 3.48. The molecule has 0 saturated carbocycles. The molecule has 13 heavy (non-hydrogen) atoms. The van der Waals surface area contributed by atoms with Crippen LogP contribution in [0.4, 0.5) is 0 Å². The smallest absolute Gasteiger partial charge is 0.0999 e. The molecule has 4 heteroatoms. The van der Waals surface area contributed by atoms with Crippen LogP contribution in [0.15, 0.2) is 12.3 Å². The summed E-state index contributed by atoms with van der Waals surface area (Å²) in [6.45, 7) is 1.99. The summed E-state index contributed by atoms with van der Waals surface area (Å²) in [4.78, 5) is 0. The fourth-order valence-corrected chi connectivity index (χ4v) is 1.67. The van der Waals surface area contributed by atoms with Crippen LogP contribution in [0.3, 0.4) is 0 Å². The average Bonchev–Trinajstić information content (AvgIpc) is 2.59. The quantitative estimate of drug-likeness (QED) is 0.634. The van der Waals surface area contributed by atoms with Crippen molar-refractivity contribution in [1.29, 1.82) is 5.26 Å². The van der Waals surface area contributed by atoms with Gasteiger partial charge in [-0.05, 0) is 23.9 Å². The van der Waals surface area contributed by atoms with E-state index in [1.165, 1.54) is 0 Å². The summed E-state index contributed by atoms with van der Waals surface area (Å²) in [6, 6.07) is 3.97. The maximum atomic E-state index is 8.84. The minimum atomic E-state index is 0.680. The van der Waals surface area contributed by atoms with Crippen molar-refractivity contribution in [3.63, 3.8) is 0 Å². The largest absolute Gasteiger partial charge is 0.278 e. The molecule has 3 nitrogen and oxygen atoms in total. The van der Waals surface area contributed by atoms with Crippen LogP contribution in [0.25, 0.3) is 10.9 Å². The molecule has 1 N–H and O–H groups in total. The molecule has 0 bridgehead atoms. The number of fused-ring (bicyclic) bond motifs is 1. The average molecular weight is 189 g/mol. The van der Waals surface area contributed by atoms with E-state index in [2.05, 4.69) is 25.5 Å². The van der Waals surface area contributed by atoms with Crippen molar-refractivity contribution in [3.8, 4) is 6.07 Å². The predicted molar refractivity (Wildman–Crippen MR) is 54.9 cm³/mol. The number of rotatable bonds is 0. The van der Waals surface area contributed by atoms with E-state index in [9.17, 15) is 0 Å². The maximum absolute atomic E-state index is 8.84. The molecule has 0 amide bonds. The summed E-state index contributed by atoms with van der Waals surface area (Å²) in [5, 5.41) is 17.7.